The van der Waals surface area contributed by atoms with E-state index >= 15 is 0 Å². The number of hydrogen-bond donors (Lipinski definition) is 1. The quantitative estimate of drug-likeness (QED) is 0.297. The van der Waals surface area contributed by atoms with Crippen LogP contribution in [0.2, 0.25) is 0 Å². The smallest absolute Gasteiger partial charge is 0.416 e. The molecule has 4 aromatic heterocycles. The summed E-state index contributed by atoms with van der Waals surface area (Å²) in [5, 5.41) is 29.5. The molecule has 0 saturated heterocycles. The van der Waals surface area contributed by atoms with E-state index in [2.05, 4.69) is 15.0 Å². The third-order valence-electron chi connectivity index (χ3n) is 6.18. The van der Waals surface area contributed by atoms with Gasteiger partial charge in [0.05, 0.1) is 44.4 Å². The van der Waals surface area contributed by atoms with Crippen molar-refractivity contribution in [1.29, 1.82) is 10.5 Å². The highest BCUT2D eigenvalue weighted by Gasteiger charge is 2.32. The van der Waals surface area contributed by atoms with Crippen molar-refractivity contribution in [3.05, 3.63) is 80.5 Å². The molecule has 41 heavy (non-hydrogen) atoms. The molecule has 14 heteroatoms. The fraction of sp³-hybridized carbons (Fsp3) is 0.148. The largest absolute Gasteiger partial charge is 0.489 e. The minimum absolute atomic E-state index is 0.0171. The Labute approximate surface area is 232 Å². The van der Waals surface area contributed by atoms with Crippen LogP contribution in [-0.2, 0) is 12.7 Å². The first-order valence-corrected chi connectivity index (χ1v) is 12.6. The molecule has 0 fully saturated rings. The molecular weight excluding hydrogens is 561 g/mol. The molecule has 5 aromatic rings. The van der Waals surface area contributed by atoms with Crippen LogP contribution in [0.3, 0.4) is 0 Å². The van der Waals surface area contributed by atoms with Crippen LogP contribution in [0.15, 0.2) is 46.7 Å². The van der Waals surface area contributed by atoms with Gasteiger partial charge in [-0.1, -0.05) is 0 Å². The van der Waals surface area contributed by atoms with E-state index in [4.69, 9.17) is 4.74 Å². The number of rotatable bonds is 6. The van der Waals surface area contributed by atoms with E-state index in [0.29, 0.717) is 16.3 Å². The summed E-state index contributed by atoms with van der Waals surface area (Å²) in [5.74, 6) is -0.799. The van der Waals surface area contributed by atoms with Crippen molar-refractivity contribution in [1.82, 2.24) is 19.5 Å². The number of pyridine rings is 2. The summed E-state index contributed by atoms with van der Waals surface area (Å²) in [4.78, 5) is 37.5. The number of carboxylic acid groups (broad SMARTS) is 1. The highest BCUT2D eigenvalue weighted by Crippen LogP contribution is 2.37. The molecule has 5 rings (SSSR count). The number of benzene rings is 1. The lowest BCUT2D eigenvalue weighted by Crippen LogP contribution is -2.27. The molecule has 0 aliphatic heterocycles. The number of aromatic carboxylic acids is 1. The van der Waals surface area contributed by atoms with E-state index in [1.807, 2.05) is 6.07 Å². The van der Waals surface area contributed by atoms with Crippen LogP contribution in [0.4, 0.5) is 13.2 Å². The lowest BCUT2D eigenvalue weighted by atomic mass is 10.1. The molecule has 0 aliphatic rings. The van der Waals surface area contributed by atoms with E-state index in [1.165, 1.54) is 35.2 Å². The molecular formula is C27H15F3N6O4S. The fourth-order valence-corrected chi connectivity index (χ4v) is 5.32. The van der Waals surface area contributed by atoms with Crippen molar-refractivity contribution >= 4 is 38.4 Å². The first-order chi connectivity index (χ1) is 19.5. The van der Waals surface area contributed by atoms with Crippen LogP contribution >= 0.6 is 11.3 Å². The van der Waals surface area contributed by atoms with E-state index in [1.54, 1.807) is 12.1 Å². The van der Waals surface area contributed by atoms with Gasteiger partial charge in [-0.05, 0) is 37.3 Å². The zero-order valence-corrected chi connectivity index (χ0v) is 21.7. The van der Waals surface area contributed by atoms with Gasteiger partial charge in [0.15, 0.2) is 0 Å². The van der Waals surface area contributed by atoms with Crippen molar-refractivity contribution in [3.63, 3.8) is 0 Å². The molecule has 0 unspecified atom stereocenters. The van der Waals surface area contributed by atoms with Gasteiger partial charge < -0.3 is 9.84 Å². The Balaban J connectivity index is 1.51. The fourth-order valence-electron chi connectivity index (χ4n) is 4.31. The van der Waals surface area contributed by atoms with Crippen LogP contribution in [0.1, 0.15) is 33.0 Å². The SMILES string of the molecule is Cc1nc2cc(C(F)(F)F)cc(C#N)c2c(=O)n1CCOc1ccc(C#N)nc1-c1ccnc2c(C(=O)O)csc12. The molecule has 0 radical (unpaired) electrons. The third-order valence-corrected chi connectivity index (χ3v) is 7.18. The normalized spacial score (nSPS) is 11.4. The number of fused-ring (bicyclic) bond motifs is 2. The van der Waals surface area contributed by atoms with Gasteiger partial charge in [-0.25, -0.2) is 14.8 Å². The topological polar surface area (TPSA) is 155 Å². The van der Waals surface area contributed by atoms with Gasteiger partial charge in [-0.15, -0.1) is 11.3 Å². The zero-order chi connectivity index (χ0) is 29.5. The average Bonchev–Trinajstić information content (AvgIpc) is 3.38. The lowest BCUT2D eigenvalue weighted by molar-refractivity contribution is -0.137. The van der Waals surface area contributed by atoms with E-state index < -0.39 is 28.8 Å². The monoisotopic (exact) mass is 576 g/mol. The number of nitrogens with zero attached hydrogens (tertiary/aromatic N) is 6. The Morgan fingerprint density at radius 2 is 1.95 bits per heavy atom. The standard InChI is InChI=1S/C27H15F3N6O4S/c1-13-34-19-9-15(27(28,29)30)8-14(10-31)21(19)25(37)36(13)6-7-40-20-3-2-16(11-32)35-22(20)17-4-5-33-23-18(26(38)39)12-41-24(17)23/h2-5,8-9,12H,6-7H2,1H3,(H,38,39). The van der Waals surface area contributed by atoms with Crippen molar-refractivity contribution in [2.24, 2.45) is 0 Å². The van der Waals surface area contributed by atoms with E-state index in [-0.39, 0.29) is 58.1 Å². The second-order valence-corrected chi connectivity index (χ2v) is 9.52. The van der Waals surface area contributed by atoms with Gasteiger partial charge in [0, 0.05) is 17.1 Å². The summed E-state index contributed by atoms with van der Waals surface area (Å²) < 4.78 is 47.5. The van der Waals surface area contributed by atoms with Gasteiger partial charge in [0.25, 0.3) is 5.56 Å². The summed E-state index contributed by atoms with van der Waals surface area (Å²) in [5.41, 5.74) is -1.38. The molecule has 0 atom stereocenters. The zero-order valence-electron chi connectivity index (χ0n) is 20.9. The molecule has 1 aromatic carbocycles. The Kier molecular flexibility index (Phi) is 6.86. The summed E-state index contributed by atoms with van der Waals surface area (Å²) in [6, 6.07) is 9.51. The van der Waals surface area contributed by atoms with Crippen molar-refractivity contribution in [2.75, 3.05) is 6.61 Å². The molecule has 204 valence electrons. The van der Waals surface area contributed by atoms with Crippen molar-refractivity contribution in [3.8, 4) is 29.1 Å². The molecule has 0 saturated carbocycles. The molecule has 1 N–H and O–H groups in total. The lowest BCUT2D eigenvalue weighted by Gasteiger charge is -2.15. The first kappa shape index (κ1) is 27.2. The molecule has 0 amide bonds. The highest BCUT2D eigenvalue weighted by molar-refractivity contribution is 7.18. The van der Waals surface area contributed by atoms with Gasteiger partial charge in [-0.2, -0.15) is 23.7 Å². The third kappa shape index (κ3) is 4.92. The second kappa shape index (κ2) is 10.3. The van der Waals surface area contributed by atoms with Gasteiger partial charge in [-0.3, -0.25) is 14.3 Å². The Hall–Kier alpha value is -5.34. The van der Waals surface area contributed by atoms with Crippen LogP contribution in [-0.4, -0.2) is 37.2 Å². The van der Waals surface area contributed by atoms with Gasteiger partial charge in [0.1, 0.15) is 41.7 Å². The Morgan fingerprint density at radius 1 is 1.17 bits per heavy atom. The van der Waals surface area contributed by atoms with Crippen LogP contribution in [0, 0.1) is 29.6 Å². The molecule has 0 bridgehead atoms. The average molecular weight is 577 g/mol. The molecule has 0 spiro atoms. The molecule has 0 aliphatic carbocycles. The highest BCUT2D eigenvalue weighted by atomic mass is 32.1. The number of hydrogen-bond acceptors (Lipinski definition) is 9. The Morgan fingerprint density at radius 3 is 2.63 bits per heavy atom. The molecule has 10 nitrogen and oxygen atoms in total. The van der Waals surface area contributed by atoms with Crippen LogP contribution < -0.4 is 10.3 Å². The minimum atomic E-state index is -4.72. The number of alkyl halides is 3. The van der Waals surface area contributed by atoms with Gasteiger partial charge in [0.2, 0.25) is 0 Å². The number of carbonyl (C=O) groups is 1. The van der Waals surface area contributed by atoms with Crippen molar-refractivity contribution in [2.45, 2.75) is 19.6 Å². The number of thiophene rings is 1. The van der Waals surface area contributed by atoms with Crippen LogP contribution in [0.25, 0.3) is 32.4 Å². The number of ether oxygens (including phenoxy) is 1. The predicted molar refractivity (Wildman–Crippen MR) is 140 cm³/mol. The maximum Gasteiger partial charge on any atom is 0.416 e. The van der Waals surface area contributed by atoms with E-state index in [0.717, 1.165) is 17.4 Å². The number of carboxylic acids is 1. The van der Waals surface area contributed by atoms with Crippen LogP contribution in [0.5, 0.6) is 5.75 Å². The van der Waals surface area contributed by atoms with Gasteiger partial charge >= 0.3 is 12.1 Å². The summed E-state index contributed by atoms with van der Waals surface area (Å²) in [6.07, 6.45) is -3.30. The number of aryl methyl sites for hydroxylation is 1. The maximum atomic E-state index is 13.3. The number of halogens is 3. The summed E-state index contributed by atoms with van der Waals surface area (Å²) in [6.45, 7) is 1.26. The molecule has 4 heterocycles. The van der Waals surface area contributed by atoms with Crippen molar-refractivity contribution < 1.29 is 27.8 Å². The predicted octanol–water partition coefficient (Wildman–Crippen LogP) is 4.92. The summed E-state index contributed by atoms with van der Waals surface area (Å²) in [7, 11) is 0. The van der Waals surface area contributed by atoms with E-state index in [9.17, 15) is 38.4 Å². The number of aromatic nitrogens is 4. The number of nitriles is 2. The second-order valence-electron chi connectivity index (χ2n) is 8.64. The minimum Gasteiger partial charge on any atom is -0.489 e. The Bertz CT molecular complexity index is 2020. The summed E-state index contributed by atoms with van der Waals surface area (Å²) >= 11 is 1.15. The maximum absolute atomic E-state index is 13.3. The first-order valence-electron chi connectivity index (χ1n) is 11.7.